The highest BCUT2D eigenvalue weighted by Crippen LogP contribution is 2.20. The molecule has 0 rings (SSSR count). The van der Waals surface area contributed by atoms with Crippen molar-refractivity contribution < 1.29 is 0 Å². The van der Waals surface area contributed by atoms with Crippen LogP contribution in [-0.4, -0.2) is 16.1 Å². The lowest BCUT2D eigenvalue weighted by Gasteiger charge is -2.15. The topological polar surface area (TPSA) is 0 Å². The summed E-state index contributed by atoms with van der Waals surface area (Å²) in [5, 5.41) is 0. The Balaban J connectivity index is 5.59. The minimum atomic E-state index is -1.31. The van der Waals surface area contributed by atoms with Crippen molar-refractivity contribution in [1.29, 1.82) is 0 Å². The smallest absolute Gasteiger partial charge is 0.127 e. The van der Waals surface area contributed by atoms with Crippen molar-refractivity contribution in [3.63, 3.8) is 0 Å². The summed E-state index contributed by atoms with van der Waals surface area (Å²) in [5.74, 6) is 3.55. The summed E-state index contributed by atoms with van der Waals surface area (Å²) < 4.78 is 0. The lowest BCUT2D eigenvalue weighted by Crippen LogP contribution is -2.18. The molecule has 0 N–H and O–H groups in total. The van der Waals surface area contributed by atoms with E-state index in [0.717, 1.165) is 6.42 Å². The second kappa shape index (κ2) is 8.69. The van der Waals surface area contributed by atoms with Gasteiger partial charge in [-0.25, -0.2) is 0 Å². The van der Waals surface area contributed by atoms with E-state index in [1.165, 1.54) is 30.4 Å². The van der Waals surface area contributed by atoms with Crippen molar-refractivity contribution in [3.8, 4) is 11.5 Å². The van der Waals surface area contributed by atoms with Crippen LogP contribution in [0.4, 0.5) is 0 Å². The predicted octanol–water partition coefficient (Wildman–Crippen LogP) is 6.20. The van der Waals surface area contributed by atoms with Crippen molar-refractivity contribution in [2.75, 3.05) is 0 Å². The van der Waals surface area contributed by atoms with Gasteiger partial charge in [-0.3, -0.25) is 0 Å². The molecule has 0 aliphatic heterocycles. The van der Waals surface area contributed by atoms with Crippen molar-refractivity contribution in [2.45, 2.75) is 78.8 Å². The average molecular weight is 307 g/mol. The molecular weight excluding hydrogens is 272 g/mol. The van der Waals surface area contributed by atoms with Crippen LogP contribution in [0, 0.1) is 11.5 Å². The molecule has 0 heterocycles. The fraction of sp³-hybridized carbons (Fsp3) is 0.667. The highest BCUT2D eigenvalue weighted by atomic mass is 28.3. The van der Waals surface area contributed by atoms with Gasteiger partial charge in [0.25, 0.3) is 0 Å². The lowest BCUT2D eigenvalue weighted by atomic mass is 10.0. The van der Waals surface area contributed by atoms with Crippen LogP contribution in [0.5, 0.6) is 0 Å². The van der Waals surface area contributed by atoms with Crippen LogP contribution in [0.3, 0.4) is 0 Å². The molecule has 0 bridgehead atoms. The Bertz CT molecular complexity index is 403. The van der Waals surface area contributed by atoms with Crippen LogP contribution in [0.1, 0.15) is 39.5 Å². The van der Waals surface area contributed by atoms with Gasteiger partial charge in [-0.2, -0.15) is 0 Å². The molecule has 0 saturated heterocycles. The third-order valence-electron chi connectivity index (χ3n) is 2.69. The third-order valence-corrected chi connectivity index (χ3v) is 4.72. The Hall–Kier alpha value is -0.526. The van der Waals surface area contributed by atoms with E-state index < -0.39 is 16.1 Å². The molecule has 0 aromatic rings. The van der Waals surface area contributed by atoms with Gasteiger partial charge in [-0.05, 0) is 18.4 Å². The molecule has 0 aromatic heterocycles. The number of rotatable bonds is 6. The molecule has 0 spiro atoms. The van der Waals surface area contributed by atoms with Gasteiger partial charge in [0, 0.05) is 5.57 Å². The van der Waals surface area contributed by atoms with Gasteiger partial charge < -0.3 is 0 Å². The lowest BCUT2D eigenvalue weighted by molar-refractivity contribution is 0.889. The van der Waals surface area contributed by atoms with Crippen LogP contribution in [0.15, 0.2) is 22.9 Å². The molecular formula is C18H34Si2. The van der Waals surface area contributed by atoms with Crippen molar-refractivity contribution in [1.82, 2.24) is 0 Å². The van der Waals surface area contributed by atoms with E-state index in [2.05, 4.69) is 76.4 Å². The molecule has 0 aliphatic carbocycles. The maximum Gasteiger partial charge on any atom is 0.129 e. The highest BCUT2D eigenvalue weighted by molar-refractivity contribution is 6.84. The van der Waals surface area contributed by atoms with E-state index in [1.54, 1.807) is 0 Å². The average Bonchev–Trinajstić information content (AvgIpc) is 2.27. The standard InChI is InChI=1S/C18H34Si2/c1-9-11-13-17(12-10-2)18(16-20(6,7)8)14-15-19(3,4)5/h13,16H,9-12H2,1-8H3/b17-13+,18-16+. The third kappa shape index (κ3) is 10.3. The molecule has 0 nitrogen and oxygen atoms in total. The van der Waals surface area contributed by atoms with E-state index in [-0.39, 0.29) is 0 Å². The van der Waals surface area contributed by atoms with E-state index in [9.17, 15) is 0 Å². The van der Waals surface area contributed by atoms with Crippen molar-refractivity contribution in [3.05, 3.63) is 22.9 Å². The van der Waals surface area contributed by atoms with Crippen LogP contribution in [0.25, 0.3) is 0 Å². The Morgan fingerprint density at radius 3 is 1.95 bits per heavy atom. The second-order valence-electron chi connectivity index (χ2n) is 7.69. The van der Waals surface area contributed by atoms with Gasteiger partial charge in [-0.1, -0.05) is 83.7 Å². The van der Waals surface area contributed by atoms with Gasteiger partial charge in [0.1, 0.15) is 8.07 Å². The summed E-state index contributed by atoms with van der Waals surface area (Å²) in [6.07, 6.45) is 7.18. The van der Waals surface area contributed by atoms with Crippen molar-refractivity contribution in [2.24, 2.45) is 0 Å². The van der Waals surface area contributed by atoms with E-state index in [1.807, 2.05) is 0 Å². The summed E-state index contributed by atoms with van der Waals surface area (Å²) >= 11 is 0. The first-order valence-electron chi connectivity index (χ1n) is 8.04. The predicted molar refractivity (Wildman–Crippen MR) is 100 cm³/mol. The molecule has 0 saturated carbocycles. The number of allylic oxidation sites excluding steroid dienone is 3. The zero-order valence-electron chi connectivity index (χ0n) is 15.0. The number of hydrogen-bond acceptors (Lipinski definition) is 0. The van der Waals surface area contributed by atoms with Gasteiger partial charge in [0.05, 0.1) is 8.07 Å². The van der Waals surface area contributed by atoms with E-state index in [4.69, 9.17) is 0 Å². The second-order valence-corrected chi connectivity index (χ2v) is 17.5. The summed E-state index contributed by atoms with van der Waals surface area (Å²) in [4.78, 5) is 0. The molecule has 0 radical (unpaired) electrons. The zero-order valence-corrected chi connectivity index (χ0v) is 17.0. The summed E-state index contributed by atoms with van der Waals surface area (Å²) in [5.41, 5.74) is 8.88. The van der Waals surface area contributed by atoms with Gasteiger partial charge in [-0.15, -0.1) is 5.54 Å². The minimum absolute atomic E-state index is 1.16. The SMILES string of the molecule is CCC/C=C(CCC)/C(C#C[Si](C)(C)C)=C/[Si](C)(C)C. The van der Waals surface area contributed by atoms with Crippen LogP contribution in [-0.2, 0) is 0 Å². The molecule has 0 atom stereocenters. The fourth-order valence-corrected chi connectivity index (χ4v) is 3.46. The minimum Gasteiger partial charge on any atom is -0.127 e. The number of unbranched alkanes of at least 4 members (excludes halogenated alkanes) is 1. The molecule has 0 aliphatic rings. The number of hydrogen-bond donors (Lipinski definition) is 0. The molecule has 0 unspecified atom stereocenters. The van der Waals surface area contributed by atoms with Crippen LogP contribution < -0.4 is 0 Å². The largest absolute Gasteiger partial charge is 0.129 e. The van der Waals surface area contributed by atoms with Crippen molar-refractivity contribution >= 4 is 16.1 Å². The molecule has 20 heavy (non-hydrogen) atoms. The maximum absolute atomic E-state index is 3.56. The fourth-order valence-electron chi connectivity index (χ4n) is 1.83. The first-order valence-corrected chi connectivity index (χ1v) is 15.1. The first kappa shape index (κ1) is 19.5. The van der Waals surface area contributed by atoms with E-state index in [0.29, 0.717) is 0 Å². The first-order chi connectivity index (χ1) is 9.09. The Morgan fingerprint density at radius 2 is 1.55 bits per heavy atom. The molecule has 0 fully saturated rings. The van der Waals surface area contributed by atoms with Crippen LogP contribution >= 0.6 is 0 Å². The summed E-state index contributed by atoms with van der Waals surface area (Å²) in [6.45, 7) is 18.7. The molecule has 0 aromatic carbocycles. The molecule has 0 amide bonds. The zero-order chi connectivity index (χ0) is 15.8. The Morgan fingerprint density at radius 1 is 0.950 bits per heavy atom. The van der Waals surface area contributed by atoms with Gasteiger partial charge in [0.2, 0.25) is 0 Å². The maximum atomic E-state index is 3.56. The Kier molecular flexibility index (Phi) is 8.46. The quantitative estimate of drug-likeness (QED) is 0.311. The Labute approximate surface area is 129 Å². The highest BCUT2D eigenvalue weighted by Gasteiger charge is 2.14. The van der Waals surface area contributed by atoms with Gasteiger partial charge in [0.15, 0.2) is 0 Å². The normalized spacial score (nSPS) is 14.0. The monoisotopic (exact) mass is 306 g/mol. The van der Waals surface area contributed by atoms with Gasteiger partial charge >= 0.3 is 0 Å². The molecule has 2 heteroatoms. The summed E-state index contributed by atoms with van der Waals surface area (Å²) in [6, 6.07) is 0. The van der Waals surface area contributed by atoms with Crippen LogP contribution in [0.2, 0.25) is 39.3 Å². The van der Waals surface area contributed by atoms with E-state index >= 15 is 0 Å². The summed E-state index contributed by atoms with van der Waals surface area (Å²) in [7, 11) is -2.55. The molecule has 114 valence electrons.